The second kappa shape index (κ2) is 7.41. The average molecular weight is 258 g/mol. The molecule has 0 rings (SSSR count). The van der Waals surface area contributed by atoms with E-state index < -0.39 is 5.41 Å². The summed E-state index contributed by atoms with van der Waals surface area (Å²) in [4.78, 5) is 13.2. The van der Waals surface area contributed by atoms with E-state index in [1.807, 2.05) is 34.9 Å². The van der Waals surface area contributed by atoms with Gasteiger partial charge in [0.1, 0.15) is 13.2 Å². The average Bonchev–Trinajstić information content (AvgIpc) is 2.24. The zero-order chi connectivity index (χ0) is 14.3. The van der Waals surface area contributed by atoms with Gasteiger partial charge in [-0.05, 0) is 12.8 Å². The number of quaternary nitrogens is 1. The fraction of sp³-hybridized carbons (Fsp3) is 0.786. The third-order valence-corrected chi connectivity index (χ3v) is 3.21. The minimum Gasteiger partial charge on any atom is -0.512 e. The minimum absolute atomic E-state index is 0.117. The maximum Gasteiger partial charge on any atom is 0.309 e. The van der Waals surface area contributed by atoms with Crippen LogP contribution in [0.1, 0.15) is 33.6 Å². The summed E-state index contributed by atoms with van der Waals surface area (Å²) in [6, 6.07) is 0. The first-order valence-electron chi connectivity index (χ1n) is 6.54. The van der Waals surface area contributed by atoms with Crippen molar-refractivity contribution in [3.8, 4) is 0 Å². The van der Waals surface area contributed by atoms with E-state index in [0.29, 0.717) is 19.4 Å². The van der Waals surface area contributed by atoms with Crippen molar-refractivity contribution in [3.63, 3.8) is 0 Å². The van der Waals surface area contributed by atoms with Gasteiger partial charge in [-0.3, -0.25) is 4.79 Å². The van der Waals surface area contributed by atoms with Crippen LogP contribution in [0, 0.1) is 11.3 Å². The number of carbonyl (C=O) groups is 1. The highest BCUT2D eigenvalue weighted by Gasteiger charge is 2.30. The quantitative estimate of drug-likeness (QED) is 0.508. The van der Waals surface area contributed by atoms with Crippen LogP contribution in [0.5, 0.6) is 0 Å². The van der Waals surface area contributed by atoms with Gasteiger partial charge in [0.2, 0.25) is 0 Å². The van der Waals surface area contributed by atoms with Crippen LogP contribution in [-0.4, -0.2) is 38.3 Å². The lowest BCUT2D eigenvalue weighted by atomic mass is 9.80. The molecule has 0 heterocycles. The van der Waals surface area contributed by atoms with E-state index in [-0.39, 0.29) is 17.6 Å². The van der Waals surface area contributed by atoms with Crippen LogP contribution in [0.3, 0.4) is 0 Å². The molecule has 0 aliphatic heterocycles. The Kier molecular flexibility index (Phi) is 6.99. The first-order chi connectivity index (χ1) is 8.20. The molecule has 106 valence electrons. The molecule has 18 heavy (non-hydrogen) atoms. The van der Waals surface area contributed by atoms with Crippen molar-refractivity contribution < 1.29 is 19.5 Å². The normalized spacial score (nSPS) is 13.4. The van der Waals surface area contributed by atoms with Gasteiger partial charge in [-0.15, -0.1) is 0 Å². The molecule has 4 heteroatoms. The summed E-state index contributed by atoms with van der Waals surface area (Å²) in [5.41, 5.74) is -0.452. The number of esters is 1. The molecule has 0 spiro atoms. The van der Waals surface area contributed by atoms with Gasteiger partial charge in [0, 0.05) is 5.41 Å². The molecule has 2 N–H and O–H groups in total. The zero-order valence-corrected chi connectivity index (χ0v) is 12.4. The van der Waals surface area contributed by atoms with Gasteiger partial charge in [-0.1, -0.05) is 27.4 Å². The van der Waals surface area contributed by atoms with Gasteiger partial charge in [0.25, 0.3) is 0 Å². The molecule has 0 fully saturated rings. The van der Waals surface area contributed by atoms with Gasteiger partial charge in [0.05, 0.1) is 25.8 Å². The summed E-state index contributed by atoms with van der Waals surface area (Å²) in [7, 11) is 4.04. The monoisotopic (exact) mass is 258 g/mol. The number of nitrogens with one attached hydrogen (secondary N) is 1. The lowest BCUT2D eigenvalue weighted by molar-refractivity contribution is -0.858. The van der Waals surface area contributed by atoms with E-state index in [1.54, 1.807) is 0 Å². The molecule has 0 aromatic heterocycles. The van der Waals surface area contributed by atoms with E-state index in [0.717, 1.165) is 6.54 Å². The summed E-state index contributed by atoms with van der Waals surface area (Å²) in [5.74, 6) is -0.236. The van der Waals surface area contributed by atoms with E-state index >= 15 is 0 Å². The molecule has 0 saturated heterocycles. The number of rotatable bonds is 8. The van der Waals surface area contributed by atoms with Gasteiger partial charge in [-0.2, -0.15) is 0 Å². The molecule has 0 saturated carbocycles. The SMILES string of the molecule is C=C(O)C(C)(C)CC(CC)C(=O)OCC[NH+](C)C. The third kappa shape index (κ3) is 6.05. The molecule has 0 aromatic carbocycles. The summed E-state index contributed by atoms with van der Waals surface area (Å²) in [6.07, 6.45) is 1.27. The van der Waals surface area contributed by atoms with Gasteiger partial charge in [-0.25, -0.2) is 0 Å². The lowest BCUT2D eigenvalue weighted by Gasteiger charge is -2.27. The Labute approximate surface area is 111 Å². The van der Waals surface area contributed by atoms with Crippen LogP contribution in [0.2, 0.25) is 0 Å². The van der Waals surface area contributed by atoms with Crippen LogP contribution in [0.15, 0.2) is 12.3 Å². The Hall–Kier alpha value is -1.03. The smallest absolute Gasteiger partial charge is 0.309 e. The predicted octanol–water partition coefficient (Wildman–Crippen LogP) is 1.19. The Bertz CT molecular complexity index is 285. The second-order valence-corrected chi connectivity index (χ2v) is 5.76. The lowest BCUT2D eigenvalue weighted by Crippen LogP contribution is -3.06. The van der Waals surface area contributed by atoms with Crippen molar-refractivity contribution in [1.29, 1.82) is 0 Å². The number of likely N-dealkylation sites (N-methyl/N-ethyl adjacent to an activating group) is 1. The highest BCUT2D eigenvalue weighted by Crippen LogP contribution is 2.32. The molecular formula is C14H28NO3+. The van der Waals surface area contributed by atoms with E-state index in [9.17, 15) is 9.90 Å². The van der Waals surface area contributed by atoms with Crippen molar-refractivity contribution in [2.45, 2.75) is 33.6 Å². The van der Waals surface area contributed by atoms with Crippen molar-refractivity contribution in [3.05, 3.63) is 12.3 Å². The Morgan fingerprint density at radius 3 is 2.39 bits per heavy atom. The fourth-order valence-electron chi connectivity index (χ4n) is 1.60. The largest absolute Gasteiger partial charge is 0.512 e. The Balaban J connectivity index is 4.32. The number of aliphatic hydroxyl groups is 1. The van der Waals surface area contributed by atoms with Crippen molar-refractivity contribution in [2.24, 2.45) is 11.3 Å². The van der Waals surface area contributed by atoms with E-state index in [1.165, 1.54) is 4.90 Å². The molecule has 1 atom stereocenters. The van der Waals surface area contributed by atoms with Crippen LogP contribution < -0.4 is 4.90 Å². The number of aliphatic hydroxyl groups excluding tert-OH is 1. The molecule has 0 amide bonds. The van der Waals surface area contributed by atoms with Gasteiger partial charge < -0.3 is 14.7 Å². The molecular weight excluding hydrogens is 230 g/mol. The number of allylic oxidation sites excluding steroid dienone is 1. The summed E-state index contributed by atoms with van der Waals surface area (Å²) in [5, 5.41) is 9.51. The van der Waals surface area contributed by atoms with Gasteiger partial charge >= 0.3 is 5.97 Å². The van der Waals surface area contributed by atoms with Crippen LogP contribution in [-0.2, 0) is 9.53 Å². The fourth-order valence-corrected chi connectivity index (χ4v) is 1.60. The molecule has 0 bridgehead atoms. The van der Waals surface area contributed by atoms with E-state index in [4.69, 9.17) is 4.74 Å². The molecule has 0 aliphatic rings. The van der Waals surface area contributed by atoms with Crippen LogP contribution in [0.4, 0.5) is 0 Å². The first-order valence-corrected chi connectivity index (χ1v) is 6.54. The van der Waals surface area contributed by atoms with Crippen LogP contribution in [0.25, 0.3) is 0 Å². The third-order valence-electron chi connectivity index (χ3n) is 3.21. The number of hydrogen-bond donors (Lipinski definition) is 2. The molecule has 0 radical (unpaired) electrons. The summed E-state index contributed by atoms with van der Waals surface area (Å²) in [6.45, 7) is 10.5. The molecule has 4 nitrogen and oxygen atoms in total. The number of carbonyl (C=O) groups excluding carboxylic acids is 1. The zero-order valence-electron chi connectivity index (χ0n) is 12.4. The highest BCUT2D eigenvalue weighted by molar-refractivity contribution is 5.72. The molecule has 0 aliphatic carbocycles. The molecule has 0 aromatic rings. The topological polar surface area (TPSA) is 51.0 Å². The predicted molar refractivity (Wildman–Crippen MR) is 72.6 cm³/mol. The highest BCUT2D eigenvalue weighted by atomic mass is 16.5. The Morgan fingerprint density at radius 1 is 1.44 bits per heavy atom. The maximum absolute atomic E-state index is 11.9. The van der Waals surface area contributed by atoms with E-state index in [2.05, 4.69) is 6.58 Å². The van der Waals surface area contributed by atoms with Crippen LogP contribution >= 0.6 is 0 Å². The van der Waals surface area contributed by atoms with Crippen molar-refractivity contribution in [1.82, 2.24) is 0 Å². The molecule has 1 unspecified atom stereocenters. The maximum atomic E-state index is 11.9. The first kappa shape index (κ1) is 17.0. The summed E-state index contributed by atoms with van der Waals surface area (Å²) >= 11 is 0. The Morgan fingerprint density at radius 2 is 2.00 bits per heavy atom. The van der Waals surface area contributed by atoms with Gasteiger partial charge in [0.15, 0.2) is 0 Å². The number of ether oxygens (including phenoxy) is 1. The van der Waals surface area contributed by atoms with Crippen molar-refractivity contribution >= 4 is 5.97 Å². The number of hydrogen-bond acceptors (Lipinski definition) is 3. The summed E-state index contributed by atoms with van der Waals surface area (Å²) < 4.78 is 5.26. The standard InChI is InChI=1S/C14H27NO3/c1-7-12(10-14(3,4)11(2)16)13(17)18-9-8-15(5)6/h12,16H,2,7-10H2,1,3-6H3/p+1. The van der Waals surface area contributed by atoms with Crippen molar-refractivity contribution in [2.75, 3.05) is 27.2 Å². The second-order valence-electron chi connectivity index (χ2n) is 5.76. The minimum atomic E-state index is -0.452.